The summed E-state index contributed by atoms with van der Waals surface area (Å²) in [4.78, 5) is 15.8. The van der Waals surface area contributed by atoms with Crippen molar-refractivity contribution < 1.29 is 9.90 Å². The van der Waals surface area contributed by atoms with Crippen LogP contribution in [0.5, 0.6) is 0 Å². The second kappa shape index (κ2) is 5.28. The first-order valence-electron chi connectivity index (χ1n) is 5.97. The Labute approximate surface area is 115 Å². The minimum atomic E-state index is -0.877. The Morgan fingerprint density at radius 1 is 1.44 bits per heavy atom. The van der Waals surface area contributed by atoms with Crippen molar-refractivity contribution in [3.05, 3.63) is 28.2 Å². The highest BCUT2D eigenvalue weighted by Gasteiger charge is 2.25. The van der Waals surface area contributed by atoms with E-state index in [4.69, 9.17) is 0 Å². The number of carbonyl (C=O) groups is 1. The van der Waals surface area contributed by atoms with Crippen LogP contribution in [0.3, 0.4) is 0 Å². The van der Waals surface area contributed by atoms with Gasteiger partial charge >= 0.3 is 5.97 Å². The molecule has 1 aliphatic rings. The lowest BCUT2D eigenvalue weighted by atomic mass is 10.1. The first-order chi connectivity index (χ1) is 8.49. The van der Waals surface area contributed by atoms with Crippen molar-refractivity contribution in [3.8, 4) is 0 Å². The van der Waals surface area contributed by atoms with Crippen LogP contribution in [-0.2, 0) is 0 Å². The maximum atomic E-state index is 11.3. The van der Waals surface area contributed by atoms with Gasteiger partial charge in [0.05, 0.1) is 11.3 Å². The molecule has 1 heterocycles. The molecule has 4 nitrogen and oxygen atoms in total. The number of halogens is 1. The maximum absolute atomic E-state index is 11.3. The fourth-order valence-corrected chi connectivity index (χ4v) is 2.79. The van der Waals surface area contributed by atoms with Gasteiger partial charge in [0.15, 0.2) is 0 Å². The second-order valence-corrected chi connectivity index (χ2v) is 5.69. The van der Waals surface area contributed by atoms with E-state index in [0.29, 0.717) is 11.6 Å². The van der Waals surface area contributed by atoms with Crippen LogP contribution in [0.15, 0.2) is 22.7 Å². The van der Waals surface area contributed by atoms with Crippen LogP contribution < -0.4 is 4.90 Å². The molecule has 2 rings (SSSR count). The fraction of sp³-hybridized carbons (Fsp3) is 0.462. The van der Waals surface area contributed by atoms with Crippen molar-refractivity contribution in [2.24, 2.45) is 0 Å². The first-order valence-corrected chi connectivity index (χ1v) is 6.76. The smallest absolute Gasteiger partial charge is 0.337 e. The lowest BCUT2D eigenvalue weighted by Gasteiger charge is -2.40. The molecular weight excluding hydrogens is 296 g/mol. The van der Waals surface area contributed by atoms with Crippen molar-refractivity contribution in [2.75, 3.05) is 31.6 Å². The largest absolute Gasteiger partial charge is 0.478 e. The maximum Gasteiger partial charge on any atom is 0.337 e. The zero-order valence-corrected chi connectivity index (χ0v) is 12.1. The van der Waals surface area contributed by atoms with Gasteiger partial charge in [0.25, 0.3) is 0 Å². The van der Waals surface area contributed by atoms with Crippen LogP contribution in [0.1, 0.15) is 17.3 Å². The number of carboxylic acids is 1. The van der Waals surface area contributed by atoms with Crippen molar-refractivity contribution >= 4 is 27.6 Å². The van der Waals surface area contributed by atoms with E-state index >= 15 is 0 Å². The van der Waals surface area contributed by atoms with Gasteiger partial charge < -0.3 is 14.9 Å². The van der Waals surface area contributed by atoms with E-state index in [-0.39, 0.29) is 0 Å². The van der Waals surface area contributed by atoms with E-state index in [2.05, 4.69) is 39.7 Å². The van der Waals surface area contributed by atoms with Crippen molar-refractivity contribution in [2.45, 2.75) is 13.0 Å². The molecular formula is C13H17BrN2O2. The molecule has 1 aromatic carbocycles. The summed E-state index contributed by atoms with van der Waals surface area (Å²) in [5, 5.41) is 9.30. The number of rotatable bonds is 2. The first kappa shape index (κ1) is 13.4. The number of carboxylic acid groups (broad SMARTS) is 1. The number of hydrogen-bond donors (Lipinski definition) is 1. The number of benzene rings is 1. The Hall–Kier alpha value is -1.07. The van der Waals surface area contributed by atoms with E-state index < -0.39 is 5.97 Å². The number of piperazine rings is 1. The number of nitrogens with zero attached hydrogens (tertiary/aromatic N) is 2. The van der Waals surface area contributed by atoms with E-state index in [1.54, 1.807) is 6.07 Å². The lowest BCUT2D eigenvalue weighted by Crippen LogP contribution is -2.50. The van der Waals surface area contributed by atoms with Crippen LogP contribution in [0, 0.1) is 0 Å². The number of anilines is 1. The second-order valence-electron chi connectivity index (χ2n) is 4.77. The molecule has 0 bridgehead atoms. The molecule has 5 heteroatoms. The minimum absolute atomic E-state index is 0.322. The molecule has 0 amide bonds. The van der Waals surface area contributed by atoms with Gasteiger partial charge in [0.2, 0.25) is 0 Å². The third-order valence-corrected chi connectivity index (χ3v) is 3.82. The minimum Gasteiger partial charge on any atom is -0.478 e. The highest BCUT2D eigenvalue weighted by Crippen LogP contribution is 2.27. The topological polar surface area (TPSA) is 43.8 Å². The molecule has 1 saturated heterocycles. The summed E-state index contributed by atoms with van der Waals surface area (Å²) in [6.07, 6.45) is 0. The molecule has 0 aromatic heterocycles. The van der Waals surface area contributed by atoms with Gasteiger partial charge in [-0.3, -0.25) is 0 Å². The summed E-state index contributed by atoms with van der Waals surface area (Å²) in [5.74, 6) is -0.877. The van der Waals surface area contributed by atoms with Crippen molar-refractivity contribution in [1.82, 2.24) is 4.90 Å². The molecule has 0 radical (unpaired) electrons. The fourth-order valence-electron chi connectivity index (χ4n) is 2.43. The predicted molar refractivity (Wildman–Crippen MR) is 75.4 cm³/mol. The van der Waals surface area contributed by atoms with E-state index in [9.17, 15) is 9.90 Å². The Balaban J connectivity index is 2.35. The van der Waals surface area contributed by atoms with Gasteiger partial charge in [-0.25, -0.2) is 4.79 Å². The highest BCUT2D eigenvalue weighted by atomic mass is 79.9. The molecule has 0 aliphatic carbocycles. The van der Waals surface area contributed by atoms with Crippen LogP contribution in [0.2, 0.25) is 0 Å². The quantitative estimate of drug-likeness (QED) is 0.910. The van der Waals surface area contributed by atoms with E-state index in [1.165, 1.54) is 0 Å². The summed E-state index contributed by atoms with van der Waals surface area (Å²) in [6, 6.07) is 5.77. The number of likely N-dealkylation sites (N-methyl/N-ethyl adjacent to an activating group) is 1. The SMILES string of the molecule is CC1CN(C)CCN1c1ccc(Br)cc1C(=O)O. The predicted octanol–water partition coefficient (Wildman–Crippen LogP) is 2.29. The van der Waals surface area contributed by atoms with E-state index in [1.807, 2.05) is 12.1 Å². The molecule has 1 fully saturated rings. The molecule has 1 unspecified atom stereocenters. The van der Waals surface area contributed by atoms with Gasteiger partial charge in [-0.05, 0) is 32.2 Å². The molecule has 1 N–H and O–H groups in total. The van der Waals surface area contributed by atoms with Gasteiger partial charge in [-0.15, -0.1) is 0 Å². The van der Waals surface area contributed by atoms with Crippen molar-refractivity contribution in [1.29, 1.82) is 0 Å². The molecule has 18 heavy (non-hydrogen) atoms. The molecule has 1 aliphatic heterocycles. The number of hydrogen-bond acceptors (Lipinski definition) is 3. The Kier molecular flexibility index (Phi) is 3.92. The van der Waals surface area contributed by atoms with Crippen molar-refractivity contribution in [3.63, 3.8) is 0 Å². The van der Waals surface area contributed by atoms with Gasteiger partial charge in [-0.2, -0.15) is 0 Å². The summed E-state index contributed by atoms with van der Waals surface area (Å²) >= 11 is 3.32. The van der Waals surface area contributed by atoms with Crippen LogP contribution >= 0.6 is 15.9 Å². The molecule has 1 atom stereocenters. The molecule has 1 aromatic rings. The summed E-state index contributed by atoms with van der Waals surface area (Å²) < 4.78 is 0.797. The third kappa shape index (κ3) is 2.67. The highest BCUT2D eigenvalue weighted by molar-refractivity contribution is 9.10. The summed E-state index contributed by atoms with van der Waals surface area (Å²) in [5.41, 5.74) is 1.17. The average molecular weight is 313 g/mol. The van der Waals surface area contributed by atoms with Crippen LogP contribution in [-0.4, -0.2) is 48.7 Å². The Morgan fingerprint density at radius 2 is 2.17 bits per heavy atom. The lowest BCUT2D eigenvalue weighted by molar-refractivity contribution is 0.0697. The summed E-state index contributed by atoms with van der Waals surface area (Å²) in [7, 11) is 2.09. The van der Waals surface area contributed by atoms with Gasteiger partial charge in [-0.1, -0.05) is 15.9 Å². The van der Waals surface area contributed by atoms with Crippen LogP contribution in [0.25, 0.3) is 0 Å². The zero-order chi connectivity index (χ0) is 13.3. The van der Waals surface area contributed by atoms with E-state index in [0.717, 1.165) is 29.8 Å². The molecule has 0 saturated carbocycles. The standard InChI is InChI=1S/C13H17BrN2O2/c1-9-8-15(2)5-6-16(9)12-4-3-10(14)7-11(12)13(17)18/h3-4,7,9H,5-6,8H2,1-2H3,(H,17,18). The van der Waals surface area contributed by atoms with Gasteiger partial charge in [0, 0.05) is 30.1 Å². The average Bonchev–Trinajstić information content (AvgIpc) is 2.29. The molecule has 0 spiro atoms. The molecule has 98 valence electrons. The normalized spacial score (nSPS) is 21.1. The van der Waals surface area contributed by atoms with Crippen LogP contribution in [0.4, 0.5) is 5.69 Å². The Morgan fingerprint density at radius 3 is 2.78 bits per heavy atom. The zero-order valence-electron chi connectivity index (χ0n) is 10.6. The third-order valence-electron chi connectivity index (χ3n) is 3.33. The summed E-state index contributed by atoms with van der Waals surface area (Å²) in [6.45, 7) is 4.90. The Bertz CT molecular complexity index is 464. The monoisotopic (exact) mass is 312 g/mol. The van der Waals surface area contributed by atoms with Gasteiger partial charge in [0.1, 0.15) is 0 Å². The number of aromatic carboxylic acids is 1.